The topological polar surface area (TPSA) is 50.4 Å². The van der Waals surface area contributed by atoms with Gasteiger partial charge >= 0.3 is 0 Å². The van der Waals surface area contributed by atoms with Crippen LogP contribution < -0.4 is 15.4 Å². The molecule has 1 fully saturated rings. The first-order chi connectivity index (χ1) is 9.60. The lowest BCUT2D eigenvalue weighted by Crippen LogP contribution is -2.42. The van der Waals surface area contributed by atoms with Crippen molar-refractivity contribution < 1.29 is 9.53 Å². The summed E-state index contributed by atoms with van der Waals surface area (Å²) in [4.78, 5) is 12.2. The van der Waals surface area contributed by atoms with Crippen molar-refractivity contribution in [2.75, 3.05) is 13.7 Å². The summed E-state index contributed by atoms with van der Waals surface area (Å²) in [5.41, 5.74) is 2.18. The van der Waals surface area contributed by atoms with Crippen LogP contribution >= 0.6 is 0 Å². The Labute approximate surface area is 120 Å². The second kappa shape index (κ2) is 6.75. The van der Waals surface area contributed by atoms with Gasteiger partial charge in [0, 0.05) is 24.1 Å². The predicted molar refractivity (Wildman–Crippen MR) is 79.8 cm³/mol. The molecule has 0 aliphatic carbocycles. The third-order valence-electron chi connectivity index (χ3n) is 3.89. The fourth-order valence-electron chi connectivity index (χ4n) is 2.69. The second-order valence-corrected chi connectivity index (χ2v) is 5.61. The first-order valence-corrected chi connectivity index (χ1v) is 7.24. The van der Waals surface area contributed by atoms with E-state index in [1.807, 2.05) is 25.1 Å². The van der Waals surface area contributed by atoms with Crippen LogP contribution in [0.1, 0.15) is 30.9 Å². The highest BCUT2D eigenvalue weighted by Gasteiger charge is 2.24. The zero-order valence-electron chi connectivity index (χ0n) is 12.5. The number of aryl methyl sites for hydroxylation is 1. The summed E-state index contributed by atoms with van der Waals surface area (Å²) in [6.07, 6.45) is 1.83. The van der Waals surface area contributed by atoms with Gasteiger partial charge in [0.05, 0.1) is 7.11 Å². The third kappa shape index (κ3) is 3.73. The van der Waals surface area contributed by atoms with Crippen LogP contribution in [0.25, 0.3) is 0 Å². The van der Waals surface area contributed by atoms with Gasteiger partial charge in [-0.25, -0.2) is 0 Å². The number of methoxy groups -OCH3 is 1. The molecule has 2 atom stereocenters. The summed E-state index contributed by atoms with van der Waals surface area (Å²) >= 11 is 0. The monoisotopic (exact) mass is 276 g/mol. The van der Waals surface area contributed by atoms with Crippen LogP contribution in [-0.4, -0.2) is 25.6 Å². The highest BCUT2D eigenvalue weighted by atomic mass is 16.5. The van der Waals surface area contributed by atoms with E-state index in [0.29, 0.717) is 12.6 Å². The lowest BCUT2D eigenvalue weighted by Gasteiger charge is -2.27. The maximum Gasteiger partial charge on any atom is 0.223 e. The van der Waals surface area contributed by atoms with Crippen molar-refractivity contribution in [1.29, 1.82) is 0 Å². The van der Waals surface area contributed by atoms with E-state index in [0.717, 1.165) is 36.3 Å². The number of nitrogens with one attached hydrogen (secondary N) is 2. The molecule has 2 rings (SSSR count). The third-order valence-corrected chi connectivity index (χ3v) is 3.89. The quantitative estimate of drug-likeness (QED) is 0.884. The van der Waals surface area contributed by atoms with Crippen molar-refractivity contribution in [3.05, 3.63) is 29.3 Å². The van der Waals surface area contributed by atoms with Crippen LogP contribution in [0.5, 0.6) is 5.75 Å². The van der Waals surface area contributed by atoms with E-state index in [2.05, 4.69) is 17.6 Å². The zero-order chi connectivity index (χ0) is 14.5. The lowest BCUT2D eigenvalue weighted by molar-refractivity contribution is -0.126. The molecule has 1 aliphatic heterocycles. The number of benzene rings is 1. The van der Waals surface area contributed by atoms with E-state index in [9.17, 15) is 4.79 Å². The SMILES string of the molecule is COc1cc(C)ccc1CNC(=O)[C@H]1CCN[C@@H](C)C1. The van der Waals surface area contributed by atoms with Crippen LogP contribution in [0, 0.1) is 12.8 Å². The van der Waals surface area contributed by atoms with Crippen LogP contribution in [0.15, 0.2) is 18.2 Å². The molecule has 1 aliphatic rings. The lowest BCUT2D eigenvalue weighted by atomic mass is 9.92. The van der Waals surface area contributed by atoms with E-state index in [1.54, 1.807) is 7.11 Å². The molecule has 1 amide bonds. The van der Waals surface area contributed by atoms with Gasteiger partial charge < -0.3 is 15.4 Å². The minimum Gasteiger partial charge on any atom is -0.496 e. The highest BCUT2D eigenvalue weighted by molar-refractivity contribution is 5.78. The molecule has 1 aromatic carbocycles. The Kier molecular flexibility index (Phi) is 5.01. The van der Waals surface area contributed by atoms with Gasteiger partial charge in [-0.1, -0.05) is 12.1 Å². The number of carbonyl (C=O) groups excluding carboxylic acids is 1. The Balaban J connectivity index is 1.93. The van der Waals surface area contributed by atoms with Gasteiger partial charge in [0.1, 0.15) is 5.75 Å². The largest absolute Gasteiger partial charge is 0.496 e. The van der Waals surface area contributed by atoms with E-state index in [4.69, 9.17) is 4.74 Å². The molecular weight excluding hydrogens is 252 g/mol. The van der Waals surface area contributed by atoms with Crippen molar-refractivity contribution in [3.63, 3.8) is 0 Å². The second-order valence-electron chi connectivity index (χ2n) is 5.61. The van der Waals surface area contributed by atoms with Gasteiger partial charge in [-0.2, -0.15) is 0 Å². The fraction of sp³-hybridized carbons (Fsp3) is 0.562. The summed E-state index contributed by atoms with van der Waals surface area (Å²) < 4.78 is 5.36. The maximum atomic E-state index is 12.2. The standard InChI is InChI=1S/C16H24N2O2/c1-11-4-5-14(15(8-11)20-3)10-18-16(19)13-6-7-17-12(2)9-13/h4-5,8,12-13,17H,6-7,9-10H2,1-3H3,(H,18,19)/t12-,13-/m0/s1. The fourth-order valence-corrected chi connectivity index (χ4v) is 2.69. The van der Waals surface area contributed by atoms with Gasteiger partial charge in [-0.3, -0.25) is 4.79 Å². The summed E-state index contributed by atoms with van der Waals surface area (Å²) in [7, 11) is 1.66. The van der Waals surface area contributed by atoms with Crippen molar-refractivity contribution >= 4 is 5.91 Å². The first-order valence-electron chi connectivity index (χ1n) is 7.24. The number of carbonyl (C=O) groups is 1. The Morgan fingerprint density at radius 3 is 3.00 bits per heavy atom. The van der Waals surface area contributed by atoms with E-state index in [1.165, 1.54) is 0 Å². The summed E-state index contributed by atoms with van der Waals surface area (Å²) in [5, 5.41) is 6.40. The van der Waals surface area contributed by atoms with E-state index in [-0.39, 0.29) is 11.8 Å². The first kappa shape index (κ1) is 14.9. The molecule has 0 unspecified atom stereocenters. The van der Waals surface area contributed by atoms with Gasteiger partial charge in [0.25, 0.3) is 0 Å². The Morgan fingerprint density at radius 1 is 1.50 bits per heavy atom. The summed E-state index contributed by atoms with van der Waals surface area (Å²) in [6.45, 7) is 5.61. The molecule has 110 valence electrons. The molecule has 1 saturated heterocycles. The summed E-state index contributed by atoms with van der Waals surface area (Å²) in [5.74, 6) is 1.12. The van der Waals surface area contributed by atoms with Crippen LogP contribution in [0.2, 0.25) is 0 Å². The number of piperidine rings is 1. The van der Waals surface area contributed by atoms with Gasteiger partial charge in [-0.15, -0.1) is 0 Å². The van der Waals surface area contributed by atoms with Crippen LogP contribution in [0.3, 0.4) is 0 Å². The molecular formula is C16H24N2O2. The Hall–Kier alpha value is -1.55. The number of hydrogen-bond acceptors (Lipinski definition) is 3. The van der Waals surface area contributed by atoms with Gasteiger partial charge in [0.15, 0.2) is 0 Å². The zero-order valence-corrected chi connectivity index (χ0v) is 12.5. The maximum absolute atomic E-state index is 12.2. The van der Waals surface area contributed by atoms with Gasteiger partial charge in [0.2, 0.25) is 5.91 Å². The smallest absolute Gasteiger partial charge is 0.223 e. The average molecular weight is 276 g/mol. The average Bonchev–Trinajstić information content (AvgIpc) is 2.45. The number of amides is 1. The molecule has 4 nitrogen and oxygen atoms in total. The van der Waals surface area contributed by atoms with Crippen LogP contribution in [0.4, 0.5) is 0 Å². The molecule has 0 aromatic heterocycles. The van der Waals surface area contributed by atoms with Crippen molar-refractivity contribution in [1.82, 2.24) is 10.6 Å². The Bertz CT molecular complexity index is 474. The number of rotatable bonds is 4. The van der Waals surface area contributed by atoms with E-state index < -0.39 is 0 Å². The summed E-state index contributed by atoms with van der Waals surface area (Å²) in [6, 6.07) is 6.47. The molecule has 0 saturated carbocycles. The minimum atomic E-state index is 0.127. The number of hydrogen-bond donors (Lipinski definition) is 2. The number of ether oxygens (including phenoxy) is 1. The van der Waals surface area contributed by atoms with Crippen molar-refractivity contribution in [3.8, 4) is 5.75 Å². The van der Waals surface area contributed by atoms with Crippen molar-refractivity contribution in [2.24, 2.45) is 5.92 Å². The predicted octanol–water partition coefficient (Wildman–Crippen LogP) is 2.01. The Morgan fingerprint density at radius 2 is 2.30 bits per heavy atom. The molecule has 0 spiro atoms. The van der Waals surface area contributed by atoms with Gasteiger partial charge in [-0.05, 0) is 44.9 Å². The van der Waals surface area contributed by atoms with Crippen molar-refractivity contribution in [2.45, 2.75) is 39.3 Å². The molecule has 1 aromatic rings. The van der Waals surface area contributed by atoms with E-state index >= 15 is 0 Å². The molecule has 2 N–H and O–H groups in total. The highest BCUT2D eigenvalue weighted by Crippen LogP contribution is 2.20. The minimum absolute atomic E-state index is 0.127. The molecule has 0 bridgehead atoms. The molecule has 0 radical (unpaired) electrons. The molecule has 4 heteroatoms. The normalized spacial score (nSPS) is 22.4. The van der Waals surface area contributed by atoms with Crippen LogP contribution in [-0.2, 0) is 11.3 Å². The molecule has 20 heavy (non-hydrogen) atoms. The molecule has 1 heterocycles.